The molecule has 9 heteroatoms. The van der Waals surface area contributed by atoms with Gasteiger partial charge < -0.3 is 9.88 Å². The number of carbonyl (C=O) groups is 2. The molecule has 0 spiro atoms. The molecule has 25 heavy (non-hydrogen) atoms. The molecule has 0 aliphatic rings. The highest BCUT2D eigenvalue weighted by Gasteiger charge is 2.16. The van der Waals surface area contributed by atoms with Crippen LogP contribution in [0.15, 0.2) is 29.4 Å². The van der Waals surface area contributed by atoms with Gasteiger partial charge in [-0.3, -0.25) is 10.1 Å². The SMILES string of the molecule is CC(C)CNC(=O)NC(=O)CSc1nnc(-c2ccccc2F)n1C. The van der Waals surface area contributed by atoms with Crippen molar-refractivity contribution in [3.05, 3.63) is 30.1 Å². The Labute approximate surface area is 149 Å². The molecule has 2 N–H and O–H groups in total. The first-order valence-corrected chi connectivity index (χ1v) is 8.71. The molecule has 0 fully saturated rings. The number of halogens is 1. The van der Waals surface area contributed by atoms with Gasteiger partial charge in [-0.2, -0.15) is 0 Å². The van der Waals surface area contributed by atoms with Crippen molar-refractivity contribution in [2.45, 2.75) is 19.0 Å². The maximum atomic E-state index is 13.9. The summed E-state index contributed by atoms with van der Waals surface area (Å²) in [6.07, 6.45) is 0. The summed E-state index contributed by atoms with van der Waals surface area (Å²) in [5, 5.41) is 13.2. The Morgan fingerprint density at radius 1 is 1.28 bits per heavy atom. The molecule has 2 rings (SSSR count). The van der Waals surface area contributed by atoms with Crippen LogP contribution in [0, 0.1) is 11.7 Å². The second kappa shape index (κ2) is 8.61. The number of benzene rings is 1. The number of imide groups is 1. The first-order valence-electron chi connectivity index (χ1n) is 7.73. The van der Waals surface area contributed by atoms with Crippen LogP contribution in [0.2, 0.25) is 0 Å². The fraction of sp³-hybridized carbons (Fsp3) is 0.375. The zero-order valence-corrected chi connectivity index (χ0v) is 15.1. The van der Waals surface area contributed by atoms with Crippen molar-refractivity contribution in [3.8, 4) is 11.4 Å². The third kappa shape index (κ3) is 5.28. The number of amides is 3. The maximum absolute atomic E-state index is 13.9. The van der Waals surface area contributed by atoms with E-state index in [-0.39, 0.29) is 5.75 Å². The van der Waals surface area contributed by atoms with Crippen LogP contribution in [-0.2, 0) is 11.8 Å². The summed E-state index contributed by atoms with van der Waals surface area (Å²) < 4.78 is 15.5. The third-order valence-electron chi connectivity index (χ3n) is 3.21. The Kier molecular flexibility index (Phi) is 6.51. The Bertz CT molecular complexity index is 763. The highest BCUT2D eigenvalue weighted by atomic mass is 32.2. The number of carbonyl (C=O) groups excluding carboxylic acids is 2. The lowest BCUT2D eigenvalue weighted by atomic mass is 10.2. The van der Waals surface area contributed by atoms with Gasteiger partial charge in [-0.1, -0.05) is 37.7 Å². The summed E-state index contributed by atoms with van der Waals surface area (Å²) in [4.78, 5) is 23.3. The molecule has 0 atom stereocenters. The molecule has 1 aromatic heterocycles. The fourth-order valence-corrected chi connectivity index (χ4v) is 2.66. The van der Waals surface area contributed by atoms with Gasteiger partial charge in [0.1, 0.15) is 5.82 Å². The number of hydrogen-bond donors (Lipinski definition) is 2. The van der Waals surface area contributed by atoms with Gasteiger partial charge in [-0.15, -0.1) is 10.2 Å². The van der Waals surface area contributed by atoms with Crippen molar-refractivity contribution in [1.29, 1.82) is 0 Å². The zero-order chi connectivity index (χ0) is 18.4. The predicted octanol–water partition coefficient (Wildman–Crippen LogP) is 2.20. The number of hydrogen-bond acceptors (Lipinski definition) is 5. The van der Waals surface area contributed by atoms with Gasteiger partial charge in [0, 0.05) is 13.6 Å². The van der Waals surface area contributed by atoms with E-state index in [2.05, 4.69) is 20.8 Å². The monoisotopic (exact) mass is 365 g/mol. The highest BCUT2D eigenvalue weighted by molar-refractivity contribution is 7.99. The number of urea groups is 1. The van der Waals surface area contributed by atoms with E-state index in [1.165, 1.54) is 6.07 Å². The van der Waals surface area contributed by atoms with E-state index in [4.69, 9.17) is 0 Å². The van der Waals surface area contributed by atoms with E-state index in [9.17, 15) is 14.0 Å². The average Bonchev–Trinajstić information content (AvgIpc) is 2.92. The second-order valence-corrected chi connectivity index (χ2v) is 6.73. The summed E-state index contributed by atoms with van der Waals surface area (Å²) >= 11 is 1.12. The topological polar surface area (TPSA) is 88.9 Å². The number of aromatic nitrogens is 3. The number of thioether (sulfide) groups is 1. The molecule has 134 valence electrons. The van der Waals surface area contributed by atoms with Crippen LogP contribution in [0.5, 0.6) is 0 Å². The number of nitrogens with zero attached hydrogens (tertiary/aromatic N) is 3. The lowest BCUT2D eigenvalue weighted by molar-refractivity contribution is -0.117. The van der Waals surface area contributed by atoms with E-state index in [0.717, 1.165) is 11.8 Å². The molecule has 1 aromatic carbocycles. The minimum Gasteiger partial charge on any atom is -0.338 e. The van der Waals surface area contributed by atoms with E-state index in [0.29, 0.717) is 29.0 Å². The van der Waals surface area contributed by atoms with Crippen LogP contribution < -0.4 is 10.6 Å². The summed E-state index contributed by atoms with van der Waals surface area (Å²) in [5.41, 5.74) is 0.335. The summed E-state index contributed by atoms with van der Waals surface area (Å²) in [7, 11) is 1.69. The van der Waals surface area contributed by atoms with E-state index in [1.54, 1.807) is 29.8 Å². The van der Waals surface area contributed by atoms with E-state index in [1.807, 2.05) is 13.8 Å². The molecule has 0 bridgehead atoms. The zero-order valence-electron chi connectivity index (χ0n) is 14.2. The van der Waals surface area contributed by atoms with Crippen LogP contribution in [0.4, 0.5) is 9.18 Å². The van der Waals surface area contributed by atoms with Crippen molar-refractivity contribution in [2.24, 2.45) is 13.0 Å². The molecular formula is C16H20FN5O2S. The average molecular weight is 365 g/mol. The molecule has 1 heterocycles. The van der Waals surface area contributed by atoms with Crippen molar-refractivity contribution < 1.29 is 14.0 Å². The fourth-order valence-electron chi connectivity index (χ4n) is 1.95. The van der Waals surface area contributed by atoms with Crippen molar-refractivity contribution in [2.75, 3.05) is 12.3 Å². The Balaban J connectivity index is 1.93. The largest absolute Gasteiger partial charge is 0.338 e. The number of nitrogens with one attached hydrogen (secondary N) is 2. The molecule has 0 aliphatic heterocycles. The van der Waals surface area contributed by atoms with Gasteiger partial charge in [0.15, 0.2) is 11.0 Å². The first kappa shape index (κ1) is 18.9. The van der Waals surface area contributed by atoms with Gasteiger partial charge in [0.05, 0.1) is 11.3 Å². The summed E-state index contributed by atoms with van der Waals surface area (Å²) in [6, 6.07) is 5.74. The Hall–Kier alpha value is -2.42. The molecule has 0 radical (unpaired) electrons. The smallest absolute Gasteiger partial charge is 0.321 e. The highest BCUT2D eigenvalue weighted by Crippen LogP contribution is 2.24. The molecule has 0 aliphatic carbocycles. The lowest BCUT2D eigenvalue weighted by Crippen LogP contribution is -2.41. The van der Waals surface area contributed by atoms with E-state index < -0.39 is 17.8 Å². The molecule has 0 unspecified atom stereocenters. The van der Waals surface area contributed by atoms with E-state index >= 15 is 0 Å². The van der Waals surface area contributed by atoms with Crippen molar-refractivity contribution in [3.63, 3.8) is 0 Å². The van der Waals surface area contributed by atoms with Gasteiger partial charge in [-0.05, 0) is 18.1 Å². The normalized spacial score (nSPS) is 10.8. The van der Waals surface area contributed by atoms with Crippen molar-refractivity contribution >= 4 is 23.7 Å². The van der Waals surface area contributed by atoms with Crippen LogP contribution in [0.25, 0.3) is 11.4 Å². The minimum atomic E-state index is -0.524. The molecule has 3 amide bonds. The molecule has 2 aromatic rings. The molecular weight excluding hydrogens is 345 g/mol. The van der Waals surface area contributed by atoms with Crippen LogP contribution in [0.1, 0.15) is 13.8 Å². The minimum absolute atomic E-state index is 0.00164. The van der Waals surface area contributed by atoms with Crippen LogP contribution in [-0.4, -0.2) is 39.0 Å². The quantitative estimate of drug-likeness (QED) is 0.766. The second-order valence-electron chi connectivity index (χ2n) is 5.79. The standard InChI is InChI=1S/C16H20FN5O2S/c1-10(2)8-18-15(24)19-13(23)9-25-16-21-20-14(22(16)3)11-6-4-5-7-12(11)17/h4-7,10H,8-9H2,1-3H3,(H2,18,19,23,24). The predicted molar refractivity (Wildman–Crippen MR) is 93.5 cm³/mol. The first-order chi connectivity index (χ1) is 11.9. The molecule has 0 saturated heterocycles. The lowest BCUT2D eigenvalue weighted by Gasteiger charge is -2.08. The summed E-state index contributed by atoms with van der Waals surface area (Å²) in [5.74, 6) is -0.171. The molecule has 0 saturated carbocycles. The summed E-state index contributed by atoms with van der Waals surface area (Å²) in [6.45, 7) is 4.40. The third-order valence-corrected chi connectivity index (χ3v) is 4.23. The van der Waals surface area contributed by atoms with Crippen LogP contribution in [0.3, 0.4) is 0 Å². The Morgan fingerprint density at radius 3 is 2.68 bits per heavy atom. The van der Waals surface area contributed by atoms with Crippen molar-refractivity contribution in [1.82, 2.24) is 25.4 Å². The van der Waals surface area contributed by atoms with Crippen LogP contribution >= 0.6 is 11.8 Å². The van der Waals surface area contributed by atoms with Gasteiger partial charge >= 0.3 is 6.03 Å². The number of rotatable bonds is 6. The Morgan fingerprint density at radius 2 is 2.00 bits per heavy atom. The van der Waals surface area contributed by atoms with Gasteiger partial charge in [0.2, 0.25) is 5.91 Å². The maximum Gasteiger partial charge on any atom is 0.321 e. The van der Waals surface area contributed by atoms with Gasteiger partial charge in [-0.25, -0.2) is 9.18 Å². The molecule has 7 nitrogen and oxygen atoms in total. The van der Waals surface area contributed by atoms with Gasteiger partial charge in [0.25, 0.3) is 0 Å².